The van der Waals surface area contributed by atoms with E-state index in [9.17, 15) is 9.18 Å². The maximum absolute atomic E-state index is 13.0. The number of rotatable bonds is 6. The number of halogens is 3. The number of amides is 1. The van der Waals surface area contributed by atoms with Gasteiger partial charge in [-0.3, -0.25) is 9.36 Å². The van der Waals surface area contributed by atoms with Crippen LogP contribution in [-0.4, -0.2) is 26.4 Å². The van der Waals surface area contributed by atoms with Crippen LogP contribution in [0.15, 0.2) is 78.0 Å². The van der Waals surface area contributed by atoms with E-state index < -0.39 is 0 Å². The second kappa shape index (κ2) is 9.51. The molecule has 1 aromatic heterocycles. The molecule has 0 aliphatic heterocycles. The summed E-state index contributed by atoms with van der Waals surface area (Å²) in [7, 11) is 0. The summed E-state index contributed by atoms with van der Waals surface area (Å²) in [4.78, 5) is 12.4. The first-order valence-corrected chi connectivity index (χ1v) is 10.9. The molecule has 4 aromatic rings. The van der Waals surface area contributed by atoms with Crippen LogP contribution < -0.4 is 5.32 Å². The molecule has 31 heavy (non-hydrogen) atoms. The third-order valence-electron chi connectivity index (χ3n) is 4.28. The molecule has 0 aliphatic carbocycles. The highest BCUT2D eigenvalue weighted by atomic mass is 35.5. The van der Waals surface area contributed by atoms with Crippen LogP contribution in [0.25, 0.3) is 17.1 Å². The van der Waals surface area contributed by atoms with Crippen molar-refractivity contribution in [3.05, 3.63) is 88.7 Å². The van der Waals surface area contributed by atoms with Crippen molar-refractivity contribution in [2.24, 2.45) is 0 Å². The molecule has 0 unspecified atom stereocenters. The highest BCUT2D eigenvalue weighted by Gasteiger charge is 2.17. The molecule has 0 aliphatic rings. The Hall–Kier alpha value is -2.87. The first kappa shape index (κ1) is 21.4. The zero-order chi connectivity index (χ0) is 21.8. The van der Waals surface area contributed by atoms with Crippen molar-refractivity contribution in [3.63, 3.8) is 0 Å². The largest absolute Gasteiger partial charge is 0.325 e. The molecule has 4 rings (SSSR count). The second-order valence-electron chi connectivity index (χ2n) is 6.47. The fraction of sp³-hybridized carbons (Fsp3) is 0.0455. The zero-order valence-electron chi connectivity index (χ0n) is 15.9. The minimum atomic E-state index is -0.363. The topological polar surface area (TPSA) is 59.8 Å². The number of nitrogens with one attached hydrogen (secondary N) is 1. The average molecular weight is 473 g/mol. The molecular weight excluding hydrogens is 458 g/mol. The number of aromatic nitrogens is 3. The number of hydrogen-bond acceptors (Lipinski definition) is 4. The van der Waals surface area contributed by atoms with Crippen LogP contribution in [0.1, 0.15) is 0 Å². The molecule has 1 heterocycles. The van der Waals surface area contributed by atoms with E-state index in [0.29, 0.717) is 26.7 Å². The Morgan fingerprint density at radius 1 is 0.903 bits per heavy atom. The zero-order valence-corrected chi connectivity index (χ0v) is 18.3. The van der Waals surface area contributed by atoms with Crippen molar-refractivity contribution in [2.75, 3.05) is 11.1 Å². The van der Waals surface area contributed by atoms with Gasteiger partial charge in [-0.25, -0.2) is 4.39 Å². The monoisotopic (exact) mass is 472 g/mol. The van der Waals surface area contributed by atoms with Crippen molar-refractivity contribution in [2.45, 2.75) is 5.16 Å². The summed E-state index contributed by atoms with van der Waals surface area (Å²) in [6.07, 6.45) is 0. The van der Waals surface area contributed by atoms with Crippen LogP contribution in [0.5, 0.6) is 0 Å². The first-order valence-electron chi connectivity index (χ1n) is 9.15. The van der Waals surface area contributed by atoms with Crippen LogP contribution in [0, 0.1) is 5.82 Å². The van der Waals surface area contributed by atoms with Crippen molar-refractivity contribution >= 4 is 46.6 Å². The average Bonchev–Trinajstić information content (AvgIpc) is 3.19. The SMILES string of the molecule is O=C(CSc1nnc(-c2ccc(Cl)cc2)n1-c1ccc(Cl)cc1)Nc1ccc(F)cc1. The van der Waals surface area contributed by atoms with Gasteiger partial charge in [0.25, 0.3) is 0 Å². The molecule has 0 fully saturated rings. The Bertz CT molecular complexity index is 1200. The van der Waals surface area contributed by atoms with Gasteiger partial charge < -0.3 is 5.32 Å². The fourth-order valence-electron chi connectivity index (χ4n) is 2.83. The normalized spacial score (nSPS) is 10.8. The number of nitrogens with zero attached hydrogens (tertiary/aromatic N) is 3. The minimum absolute atomic E-state index is 0.101. The summed E-state index contributed by atoms with van der Waals surface area (Å²) in [5.74, 6) is 0.109. The van der Waals surface area contributed by atoms with Crippen molar-refractivity contribution in [1.29, 1.82) is 0 Å². The number of hydrogen-bond donors (Lipinski definition) is 1. The van der Waals surface area contributed by atoms with E-state index in [4.69, 9.17) is 23.2 Å². The molecule has 156 valence electrons. The van der Waals surface area contributed by atoms with Crippen molar-refractivity contribution < 1.29 is 9.18 Å². The Balaban J connectivity index is 1.59. The predicted molar refractivity (Wildman–Crippen MR) is 123 cm³/mol. The number of anilines is 1. The summed E-state index contributed by atoms with van der Waals surface area (Å²) in [5.41, 5.74) is 2.16. The number of thioether (sulfide) groups is 1. The lowest BCUT2D eigenvalue weighted by molar-refractivity contribution is -0.113. The van der Waals surface area contributed by atoms with Crippen LogP contribution >= 0.6 is 35.0 Å². The highest BCUT2D eigenvalue weighted by Crippen LogP contribution is 2.29. The summed E-state index contributed by atoms with van der Waals surface area (Å²) in [5, 5.41) is 13.1. The van der Waals surface area contributed by atoms with E-state index in [2.05, 4.69) is 15.5 Å². The number of carbonyl (C=O) groups excluding carboxylic acids is 1. The van der Waals surface area contributed by atoms with Crippen molar-refractivity contribution in [1.82, 2.24) is 14.8 Å². The van der Waals surface area contributed by atoms with Crippen LogP contribution in [-0.2, 0) is 4.79 Å². The summed E-state index contributed by atoms with van der Waals surface area (Å²) < 4.78 is 14.9. The number of carbonyl (C=O) groups is 1. The maximum atomic E-state index is 13.0. The van der Waals surface area contributed by atoms with E-state index in [1.54, 1.807) is 24.3 Å². The molecule has 5 nitrogen and oxygen atoms in total. The predicted octanol–water partition coefficient (Wildman–Crippen LogP) is 6.11. The molecule has 1 amide bonds. The fourth-order valence-corrected chi connectivity index (χ4v) is 3.84. The molecule has 0 saturated carbocycles. The molecular formula is C22H15Cl2FN4OS. The lowest BCUT2D eigenvalue weighted by Gasteiger charge is -2.11. The minimum Gasteiger partial charge on any atom is -0.325 e. The van der Waals surface area contributed by atoms with Gasteiger partial charge in [0.1, 0.15) is 5.82 Å². The summed E-state index contributed by atoms with van der Waals surface area (Å²) >= 11 is 13.3. The Kier molecular flexibility index (Phi) is 6.56. The van der Waals surface area contributed by atoms with Crippen LogP contribution in [0.3, 0.4) is 0 Å². The van der Waals surface area contributed by atoms with Gasteiger partial charge in [0.15, 0.2) is 11.0 Å². The Labute approximate surface area is 192 Å². The summed E-state index contributed by atoms with van der Waals surface area (Å²) in [6, 6.07) is 20.1. The molecule has 0 saturated heterocycles. The van der Waals surface area contributed by atoms with E-state index in [1.165, 1.54) is 36.0 Å². The molecule has 0 spiro atoms. The van der Waals surface area contributed by atoms with Crippen LogP contribution in [0.2, 0.25) is 10.0 Å². The van der Waals surface area contributed by atoms with E-state index in [0.717, 1.165) is 11.3 Å². The van der Waals surface area contributed by atoms with Crippen molar-refractivity contribution in [3.8, 4) is 17.1 Å². The lowest BCUT2D eigenvalue weighted by atomic mass is 10.2. The van der Waals surface area contributed by atoms with Gasteiger partial charge in [0.2, 0.25) is 5.91 Å². The standard InChI is InChI=1S/C22H15Cl2FN4OS/c23-15-3-1-14(2-4-15)21-27-28-22(29(21)19-11-5-16(24)6-12-19)31-13-20(30)26-18-9-7-17(25)8-10-18/h1-12H,13H2,(H,26,30). The third-order valence-corrected chi connectivity index (χ3v) is 5.71. The molecule has 9 heteroatoms. The smallest absolute Gasteiger partial charge is 0.234 e. The Morgan fingerprint density at radius 3 is 2.16 bits per heavy atom. The van der Waals surface area contributed by atoms with Gasteiger partial charge in [-0.2, -0.15) is 0 Å². The highest BCUT2D eigenvalue weighted by molar-refractivity contribution is 7.99. The first-order chi connectivity index (χ1) is 15.0. The van der Waals surface area contributed by atoms with Gasteiger partial charge >= 0.3 is 0 Å². The molecule has 0 atom stereocenters. The maximum Gasteiger partial charge on any atom is 0.234 e. The van der Waals surface area contributed by atoms with Gasteiger partial charge in [0, 0.05) is 27.0 Å². The van der Waals surface area contributed by atoms with E-state index in [1.807, 2.05) is 28.8 Å². The van der Waals surface area contributed by atoms with Gasteiger partial charge in [-0.05, 0) is 72.8 Å². The Morgan fingerprint density at radius 2 is 1.52 bits per heavy atom. The van der Waals surface area contributed by atoms with E-state index in [-0.39, 0.29) is 17.5 Å². The van der Waals surface area contributed by atoms with Gasteiger partial charge in [-0.15, -0.1) is 10.2 Å². The van der Waals surface area contributed by atoms with Crippen LogP contribution in [0.4, 0.5) is 10.1 Å². The molecule has 0 radical (unpaired) electrons. The van der Waals surface area contributed by atoms with E-state index >= 15 is 0 Å². The van der Waals surface area contributed by atoms with Gasteiger partial charge in [0.05, 0.1) is 5.75 Å². The quantitative estimate of drug-likeness (QED) is 0.343. The third kappa shape index (κ3) is 5.25. The molecule has 0 bridgehead atoms. The molecule has 3 aromatic carbocycles. The summed E-state index contributed by atoms with van der Waals surface area (Å²) in [6.45, 7) is 0. The number of benzene rings is 3. The van der Waals surface area contributed by atoms with Gasteiger partial charge in [-0.1, -0.05) is 35.0 Å². The second-order valence-corrected chi connectivity index (χ2v) is 8.28. The molecule has 1 N–H and O–H groups in total. The lowest BCUT2D eigenvalue weighted by Crippen LogP contribution is -2.14.